The molecule has 134 valence electrons. The summed E-state index contributed by atoms with van der Waals surface area (Å²) < 4.78 is 11.9. The molecule has 6 nitrogen and oxygen atoms in total. The highest BCUT2D eigenvalue weighted by Crippen LogP contribution is 2.27. The van der Waals surface area contributed by atoms with Gasteiger partial charge < -0.3 is 9.47 Å². The van der Waals surface area contributed by atoms with Crippen molar-refractivity contribution in [3.05, 3.63) is 69.1 Å². The number of aliphatic imine (C=N–C) groups is 1. The number of halogens is 1. The standard InChI is InChI=1S/C19H18ClN3O3/c1-12-14(11-21-16-6-4-5-7-17(16)25-2)19(24)23(22-12)13-8-9-15(20)18(10-13)26-3/h4-11,22H,1-3H3. The molecule has 3 aromatic rings. The van der Waals surface area contributed by atoms with Crippen LogP contribution in [0.2, 0.25) is 5.02 Å². The zero-order chi connectivity index (χ0) is 18.7. The Kier molecular flexibility index (Phi) is 5.14. The molecule has 2 aromatic carbocycles. The van der Waals surface area contributed by atoms with E-state index in [-0.39, 0.29) is 5.56 Å². The molecule has 0 amide bonds. The second-order valence-corrected chi connectivity index (χ2v) is 5.95. The maximum atomic E-state index is 12.8. The number of nitrogens with zero attached hydrogens (tertiary/aromatic N) is 2. The predicted molar refractivity (Wildman–Crippen MR) is 103 cm³/mol. The monoisotopic (exact) mass is 371 g/mol. The number of methoxy groups -OCH3 is 2. The summed E-state index contributed by atoms with van der Waals surface area (Å²) in [5, 5.41) is 3.53. The van der Waals surface area contributed by atoms with Crippen molar-refractivity contribution in [2.45, 2.75) is 6.92 Å². The van der Waals surface area contributed by atoms with Crippen molar-refractivity contribution in [2.24, 2.45) is 4.99 Å². The first-order chi connectivity index (χ1) is 12.5. The van der Waals surface area contributed by atoms with Crippen molar-refractivity contribution in [3.63, 3.8) is 0 Å². The number of aromatic nitrogens is 2. The minimum absolute atomic E-state index is 0.217. The van der Waals surface area contributed by atoms with E-state index in [9.17, 15) is 4.79 Å². The highest BCUT2D eigenvalue weighted by molar-refractivity contribution is 6.32. The van der Waals surface area contributed by atoms with E-state index in [0.29, 0.717) is 39.2 Å². The Labute approximate surface area is 155 Å². The summed E-state index contributed by atoms with van der Waals surface area (Å²) in [4.78, 5) is 17.2. The molecule has 0 radical (unpaired) electrons. The fourth-order valence-corrected chi connectivity index (χ4v) is 2.75. The maximum absolute atomic E-state index is 12.8. The Morgan fingerprint density at radius 1 is 1.12 bits per heavy atom. The third-order valence-corrected chi connectivity index (χ3v) is 4.24. The lowest BCUT2D eigenvalue weighted by atomic mass is 10.2. The van der Waals surface area contributed by atoms with Gasteiger partial charge in [0.05, 0.1) is 30.5 Å². The van der Waals surface area contributed by atoms with E-state index >= 15 is 0 Å². The van der Waals surface area contributed by atoms with Crippen LogP contribution in [-0.2, 0) is 0 Å². The molecule has 0 saturated carbocycles. The minimum atomic E-state index is -0.217. The second-order valence-electron chi connectivity index (χ2n) is 5.54. The molecular formula is C19H18ClN3O3. The number of nitrogens with one attached hydrogen (secondary N) is 1. The van der Waals surface area contributed by atoms with E-state index in [2.05, 4.69) is 10.1 Å². The molecule has 0 saturated heterocycles. The van der Waals surface area contributed by atoms with Crippen LogP contribution in [0.4, 0.5) is 5.69 Å². The van der Waals surface area contributed by atoms with Crippen molar-refractivity contribution in [3.8, 4) is 17.2 Å². The van der Waals surface area contributed by atoms with E-state index in [1.807, 2.05) is 31.2 Å². The Bertz CT molecular complexity index is 1020. The maximum Gasteiger partial charge on any atom is 0.280 e. The van der Waals surface area contributed by atoms with Gasteiger partial charge in [0, 0.05) is 18.0 Å². The van der Waals surface area contributed by atoms with Crippen molar-refractivity contribution in [1.29, 1.82) is 0 Å². The Morgan fingerprint density at radius 2 is 1.85 bits per heavy atom. The molecular weight excluding hydrogens is 354 g/mol. The second kappa shape index (κ2) is 7.49. The summed E-state index contributed by atoms with van der Waals surface area (Å²) in [5.74, 6) is 1.13. The summed E-state index contributed by atoms with van der Waals surface area (Å²) in [6, 6.07) is 12.5. The highest BCUT2D eigenvalue weighted by atomic mass is 35.5. The molecule has 0 bridgehead atoms. The fourth-order valence-electron chi connectivity index (χ4n) is 2.55. The lowest BCUT2D eigenvalue weighted by molar-refractivity contribution is 0.414. The van der Waals surface area contributed by atoms with Gasteiger partial charge in [-0.05, 0) is 31.2 Å². The molecule has 7 heteroatoms. The minimum Gasteiger partial charge on any atom is -0.495 e. The fraction of sp³-hybridized carbons (Fsp3) is 0.158. The van der Waals surface area contributed by atoms with Gasteiger partial charge in [0.2, 0.25) is 0 Å². The van der Waals surface area contributed by atoms with Gasteiger partial charge in [0.25, 0.3) is 5.56 Å². The van der Waals surface area contributed by atoms with Gasteiger partial charge in [-0.1, -0.05) is 23.7 Å². The van der Waals surface area contributed by atoms with Gasteiger partial charge in [-0.25, -0.2) is 4.68 Å². The van der Waals surface area contributed by atoms with Crippen molar-refractivity contribution >= 4 is 23.5 Å². The Morgan fingerprint density at radius 3 is 2.58 bits per heavy atom. The molecule has 3 rings (SSSR count). The summed E-state index contributed by atoms with van der Waals surface area (Å²) in [7, 11) is 3.11. The van der Waals surface area contributed by atoms with E-state index in [1.165, 1.54) is 18.0 Å². The first-order valence-electron chi connectivity index (χ1n) is 7.87. The van der Waals surface area contributed by atoms with Gasteiger partial charge in [0.15, 0.2) is 0 Å². The quantitative estimate of drug-likeness (QED) is 0.691. The van der Waals surface area contributed by atoms with Crippen LogP contribution in [0.5, 0.6) is 11.5 Å². The Balaban J connectivity index is 2.01. The molecule has 1 N–H and O–H groups in total. The van der Waals surface area contributed by atoms with Gasteiger partial charge in [-0.15, -0.1) is 0 Å². The van der Waals surface area contributed by atoms with Crippen LogP contribution in [0.1, 0.15) is 11.3 Å². The van der Waals surface area contributed by atoms with Crippen molar-refractivity contribution < 1.29 is 9.47 Å². The average Bonchev–Trinajstić information content (AvgIpc) is 2.94. The number of rotatable bonds is 5. The largest absolute Gasteiger partial charge is 0.495 e. The van der Waals surface area contributed by atoms with Crippen LogP contribution in [0.15, 0.2) is 52.3 Å². The van der Waals surface area contributed by atoms with Crippen LogP contribution in [-0.4, -0.2) is 30.2 Å². The van der Waals surface area contributed by atoms with Crippen LogP contribution in [0.3, 0.4) is 0 Å². The van der Waals surface area contributed by atoms with E-state index < -0.39 is 0 Å². The van der Waals surface area contributed by atoms with Gasteiger partial charge in [-0.2, -0.15) is 0 Å². The number of para-hydroxylation sites is 2. The third-order valence-electron chi connectivity index (χ3n) is 3.93. The van der Waals surface area contributed by atoms with Crippen molar-refractivity contribution in [1.82, 2.24) is 9.78 Å². The summed E-state index contributed by atoms with van der Waals surface area (Å²) >= 11 is 6.05. The lowest BCUT2D eigenvalue weighted by Crippen LogP contribution is -2.17. The summed E-state index contributed by atoms with van der Waals surface area (Å²) in [5.41, 5.74) is 2.21. The van der Waals surface area contributed by atoms with Gasteiger partial charge >= 0.3 is 0 Å². The normalized spacial score (nSPS) is 11.1. The molecule has 0 aliphatic carbocycles. The van der Waals surface area contributed by atoms with Crippen molar-refractivity contribution in [2.75, 3.05) is 14.2 Å². The third kappa shape index (κ3) is 3.36. The number of benzene rings is 2. The molecule has 0 atom stereocenters. The van der Waals surface area contributed by atoms with Crippen LogP contribution >= 0.6 is 11.6 Å². The number of hydrogen-bond donors (Lipinski definition) is 1. The van der Waals surface area contributed by atoms with Gasteiger partial charge in [-0.3, -0.25) is 14.9 Å². The smallest absolute Gasteiger partial charge is 0.280 e. The molecule has 26 heavy (non-hydrogen) atoms. The van der Waals surface area contributed by atoms with E-state index in [1.54, 1.807) is 25.3 Å². The lowest BCUT2D eigenvalue weighted by Gasteiger charge is -2.06. The average molecular weight is 372 g/mol. The van der Waals surface area contributed by atoms with Crippen LogP contribution in [0, 0.1) is 6.92 Å². The summed E-state index contributed by atoms with van der Waals surface area (Å²) in [6.07, 6.45) is 1.54. The molecule has 1 aromatic heterocycles. The zero-order valence-electron chi connectivity index (χ0n) is 14.6. The highest BCUT2D eigenvalue weighted by Gasteiger charge is 2.12. The molecule has 0 unspecified atom stereocenters. The first kappa shape index (κ1) is 17.8. The molecule has 0 aliphatic heterocycles. The van der Waals surface area contributed by atoms with Crippen LogP contribution in [0.25, 0.3) is 5.69 Å². The number of H-pyrrole nitrogens is 1. The summed E-state index contributed by atoms with van der Waals surface area (Å²) in [6.45, 7) is 1.81. The zero-order valence-corrected chi connectivity index (χ0v) is 15.4. The number of ether oxygens (including phenoxy) is 2. The molecule has 1 heterocycles. The van der Waals surface area contributed by atoms with Gasteiger partial charge in [0.1, 0.15) is 17.2 Å². The predicted octanol–water partition coefficient (Wildman–Crippen LogP) is 3.90. The molecule has 0 fully saturated rings. The first-order valence-corrected chi connectivity index (χ1v) is 8.25. The number of aryl methyl sites for hydroxylation is 1. The Hall–Kier alpha value is -2.99. The van der Waals surface area contributed by atoms with E-state index in [0.717, 1.165) is 0 Å². The number of aromatic amines is 1. The van der Waals surface area contributed by atoms with E-state index in [4.69, 9.17) is 21.1 Å². The topological polar surface area (TPSA) is 68.6 Å². The number of hydrogen-bond acceptors (Lipinski definition) is 4. The molecule has 0 aliphatic rings. The van der Waals surface area contributed by atoms with Crippen LogP contribution < -0.4 is 15.0 Å². The SMILES string of the molecule is COc1cc(-n2[nH]c(C)c(C=Nc3ccccc3OC)c2=O)ccc1Cl. The molecule has 0 spiro atoms.